The molecule has 1 aliphatic rings. The van der Waals surface area contributed by atoms with Crippen molar-refractivity contribution >= 4 is 5.97 Å². The van der Waals surface area contributed by atoms with Gasteiger partial charge < -0.3 is 5.11 Å². The van der Waals surface area contributed by atoms with E-state index in [1.807, 2.05) is 0 Å². The van der Waals surface area contributed by atoms with Gasteiger partial charge in [0.1, 0.15) is 0 Å². The van der Waals surface area contributed by atoms with Crippen LogP contribution in [0, 0.1) is 10.8 Å². The maximum absolute atomic E-state index is 10.5. The topological polar surface area (TPSA) is 37.3 Å². The molecule has 0 aromatic rings. The molecule has 0 aliphatic heterocycles. The molecule has 1 rings (SSSR count). The third-order valence-corrected chi connectivity index (χ3v) is 4.39. The first kappa shape index (κ1) is 12.3. The highest BCUT2D eigenvalue weighted by molar-refractivity contribution is 5.67. The number of hydrogen-bond donors (Lipinski definition) is 1. The standard InChI is InChI=1S/C13H22O2/c1-10(6-7-11(14)15)13(4)9-5-8-12(13,2)3/h1,5-9H2,2-4H3,(H,14,15). The number of allylic oxidation sites excluding steroid dienone is 1. The largest absolute Gasteiger partial charge is 0.481 e. The second-order valence-electron chi connectivity index (χ2n) is 5.57. The van der Waals surface area contributed by atoms with Crippen LogP contribution in [0.5, 0.6) is 0 Å². The number of carboxylic acids is 1. The van der Waals surface area contributed by atoms with Crippen molar-refractivity contribution in [3.8, 4) is 0 Å². The summed E-state index contributed by atoms with van der Waals surface area (Å²) in [5, 5.41) is 8.68. The van der Waals surface area contributed by atoms with Crippen LogP contribution in [-0.2, 0) is 4.79 Å². The van der Waals surface area contributed by atoms with Gasteiger partial charge in [-0.05, 0) is 30.1 Å². The minimum absolute atomic E-state index is 0.127. The Hall–Kier alpha value is -0.790. The molecule has 1 atom stereocenters. The Morgan fingerprint density at radius 2 is 1.87 bits per heavy atom. The zero-order valence-electron chi connectivity index (χ0n) is 10.1. The summed E-state index contributed by atoms with van der Waals surface area (Å²) in [6.45, 7) is 10.9. The van der Waals surface area contributed by atoms with Crippen molar-refractivity contribution in [3.63, 3.8) is 0 Å². The van der Waals surface area contributed by atoms with Gasteiger partial charge >= 0.3 is 5.97 Å². The van der Waals surface area contributed by atoms with Crippen LogP contribution in [0.1, 0.15) is 52.9 Å². The zero-order valence-corrected chi connectivity index (χ0v) is 10.1. The maximum Gasteiger partial charge on any atom is 0.303 e. The molecule has 86 valence electrons. The zero-order chi connectivity index (χ0) is 11.7. The van der Waals surface area contributed by atoms with Gasteiger partial charge in [-0.25, -0.2) is 0 Å². The molecule has 2 heteroatoms. The summed E-state index contributed by atoms with van der Waals surface area (Å²) in [4.78, 5) is 10.5. The maximum atomic E-state index is 10.5. The Labute approximate surface area is 92.4 Å². The predicted octanol–water partition coefficient (Wildman–Crippen LogP) is 3.62. The minimum atomic E-state index is -0.726. The van der Waals surface area contributed by atoms with Crippen LogP contribution in [0.3, 0.4) is 0 Å². The van der Waals surface area contributed by atoms with E-state index in [0.29, 0.717) is 6.42 Å². The molecule has 1 saturated carbocycles. The van der Waals surface area contributed by atoms with Crippen molar-refractivity contribution < 1.29 is 9.90 Å². The van der Waals surface area contributed by atoms with E-state index in [2.05, 4.69) is 27.4 Å². The van der Waals surface area contributed by atoms with E-state index >= 15 is 0 Å². The first-order valence-corrected chi connectivity index (χ1v) is 5.70. The Kier molecular flexibility index (Phi) is 3.27. The Morgan fingerprint density at radius 1 is 1.27 bits per heavy atom. The second kappa shape index (κ2) is 3.99. The van der Waals surface area contributed by atoms with Gasteiger partial charge in [0.15, 0.2) is 0 Å². The normalized spacial score (nSPS) is 29.0. The van der Waals surface area contributed by atoms with Gasteiger partial charge in [0.05, 0.1) is 0 Å². The summed E-state index contributed by atoms with van der Waals surface area (Å²) in [6, 6.07) is 0. The highest BCUT2D eigenvalue weighted by Gasteiger charge is 2.46. The Morgan fingerprint density at radius 3 is 2.27 bits per heavy atom. The van der Waals surface area contributed by atoms with Crippen molar-refractivity contribution in [2.45, 2.75) is 52.9 Å². The fourth-order valence-electron chi connectivity index (χ4n) is 2.69. The van der Waals surface area contributed by atoms with Crippen molar-refractivity contribution in [2.75, 3.05) is 0 Å². The molecule has 1 N–H and O–H groups in total. The average molecular weight is 210 g/mol. The molecule has 1 unspecified atom stereocenters. The van der Waals surface area contributed by atoms with Crippen LogP contribution in [0.2, 0.25) is 0 Å². The first-order valence-electron chi connectivity index (χ1n) is 5.70. The second-order valence-corrected chi connectivity index (χ2v) is 5.57. The van der Waals surface area contributed by atoms with E-state index < -0.39 is 5.97 Å². The summed E-state index contributed by atoms with van der Waals surface area (Å²) in [7, 11) is 0. The SMILES string of the molecule is C=C(CCC(=O)O)C1(C)CCCC1(C)C. The van der Waals surface area contributed by atoms with Crippen LogP contribution in [0.4, 0.5) is 0 Å². The van der Waals surface area contributed by atoms with E-state index in [-0.39, 0.29) is 17.3 Å². The van der Waals surface area contributed by atoms with E-state index in [1.165, 1.54) is 12.8 Å². The van der Waals surface area contributed by atoms with Gasteiger partial charge in [-0.1, -0.05) is 39.3 Å². The first-order chi connectivity index (χ1) is 6.79. The molecular formula is C13H22O2. The lowest BCUT2D eigenvalue weighted by Gasteiger charge is -2.40. The molecule has 2 nitrogen and oxygen atoms in total. The molecule has 15 heavy (non-hydrogen) atoms. The molecule has 1 fully saturated rings. The van der Waals surface area contributed by atoms with Crippen LogP contribution in [-0.4, -0.2) is 11.1 Å². The Bertz CT molecular complexity index is 278. The summed E-state index contributed by atoms with van der Waals surface area (Å²) >= 11 is 0. The van der Waals surface area contributed by atoms with Gasteiger partial charge in [0, 0.05) is 6.42 Å². The highest BCUT2D eigenvalue weighted by Crippen LogP contribution is 2.56. The van der Waals surface area contributed by atoms with Crippen molar-refractivity contribution in [1.82, 2.24) is 0 Å². The van der Waals surface area contributed by atoms with Crippen molar-refractivity contribution in [3.05, 3.63) is 12.2 Å². The molecule has 0 saturated heterocycles. The van der Waals surface area contributed by atoms with Crippen LogP contribution in [0.15, 0.2) is 12.2 Å². The van der Waals surface area contributed by atoms with E-state index in [4.69, 9.17) is 5.11 Å². The lowest BCUT2D eigenvalue weighted by molar-refractivity contribution is -0.137. The highest BCUT2D eigenvalue weighted by atomic mass is 16.4. The van der Waals surface area contributed by atoms with Crippen LogP contribution in [0.25, 0.3) is 0 Å². The number of rotatable bonds is 4. The van der Waals surface area contributed by atoms with Gasteiger partial charge in [0.2, 0.25) is 0 Å². The van der Waals surface area contributed by atoms with Crippen molar-refractivity contribution in [1.29, 1.82) is 0 Å². The van der Waals surface area contributed by atoms with Crippen molar-refractivity contribution in [2.24, 2.45) is 10.8 Å². The van der Waals surface area contributed by atoms with E-state index in [0.717, 1.165) is 12.0 Å². The number of hydrogen-bond acceptors (Lipinski definition) is 1. The fourth-order valence-corrected chi connectivity index (χ4v) is 2.69. The summed E-state index contributed by atoms with van der Waals surface area (Å²) in [5.41, 5.74) is 1.51. The van der Waals surface area contributed by atoms with Crippen LogP contribution < -0.4 is 0 Å². The molecule has 0 amide bonds. The Balaban J connectivity index is 2.69. The lowest BCUT2D eigenvalue weighted by atomic mass is 9.64. The molecule has 0 heterocycles. The molecule has 0 aromatic carbocycles. The number of carbonyl (C=O) groups is 1. The minimum Gasteiger partial charge on any atom is -0.481 e. The molecule has 0 radical (unpaired) electrons. The van der Waals surface area contributed by atoms with Gasteiger partial charge in [-0.15, -0.1) is 0 Å². The lowest BCUT2D eigenvalue weighted by Crippen LogP contribution is -2.31. The average Bonchev–Trinajstić information content (AvgIpc) is 2.38. The molecule has 0 spiro atoms. The molecule has 0 bridgehead atoms. The van der Waals surface area contributed by atoms with Gasteiger partial charge in [-0.3, -0.25) is 4.79 Å². The third-order valence-electron chi connectivity index (χ3n) is 4.39. The molecular weight excluding hydrogens is 188 g/mol. The predicted molar refractivity (Wildman–Crippen MR) is 61.7 cm³/mol. The van der Waals surface area contributed by atoms with E-state index in [9.17, 15) is 4.79 Å². The molecule has 0 aromatic heterocycles. The van der Waals surface area contributed by atoms with Gasteiger partial charge in [-0.2, -0.15) is 0 Å². The monoisotopic (exact) mass is 210 g/mol. The molecule has 1 aliphatic carbocycles. The third kappa shape index (κ3) is 2.24. The summed E-state index contributed by atoms with van der Waals surface area (Å²) < 4.78 is 0. The van der Waals surface area contributed by atoms with Gasteiger partial charge in [0.25, 0.3) is 0 Å². The number of carboxylic acid groups (broad SMARTS) is 1. The smallest absolute Gasteiger partial charge is 0.303 e. The van der Waals surface area contributed by atoms with Crippen LogP contribution >= 0.6 is 0 Å². The number of aliphatic carboxylic acids is 1. The quantitative estimate of drug-likeness (QED) is 0.719. The summed E-state index contributed by atoms with van der Waals surface area (Å²) in [5.74, 6) is -0.726. The van der Waals surface area contributed by atoms with E-state index in [1.54, 1.807) is 0 Å². The summed E-state index contributed by atoms with van der Waals surface area (Å²) in [6.07, 6.45) is 4.43. The fraction of sp³-hybridized carbons (Fsp3) is 0.769.